The van der Waals surface area contributed by atoms with E-state index >= 15 is 0 Å². The first-order valence-corrected chi connectivity index (χ1v) is 8.31. The maximum Gasteiger partial charge on any atom is 0.303 e. The molecule has 0 amide bonds. The monoisotopic (exact) mass is 315 g/mol. The van der Waals surface area contributed by atoms with Crippen LogP contribution in [0.5, 0.6) is 0 Å². The highest BCUT2D eigenvalue weighted by atomic mass is 32.2. The number of sulfonamides is 1. The van der Waals surface area contributed by atoms with E-state index in [1.54, 1.807) is 0 Å². The lowest BCUT2D eigenvalue weighted by atomic mass is 9.95. The van der Waals surface area contributed by atoms with E-state index in [4.69, 9.17) is 5.11 Å². The molecule has 1 atom stereocenters. The summed E-state index contributed by atoms with van der Waals surface area (Å²) >= 11 is 0. The molecule has 1 aromatic carbocycles. The number of nitrogens with zero attached hydrogens (tertiary/aromatic N) is 1. The van der Waals surface area contributed by atoms with Gasteiger partial charge in [0.25, 0.3) is 0 Å². The Kier molecular flexibility index (Phi) is 4.95. The first-order chi connectivity index (χ1) is 9.89. The van der Waals surface area contributed by atoms with E-state index < -0.39 is 21.8 Å². The van der Waals surface area contributed by atoms with Gasteiger partial charge in [-0.1, -0.05) is 0 Å². The molecule has 0 aromatic heterocycles. The lowest BCUT2D eigenvalue weighted by molar-refractivity contribution is -0.137. The molecule has 116 valence electrons. The van der Waals surface area contributed by atoms with Crippen LogP contribution in [-0.4, -0.2) is 36.9 Å². The molecule has 2 rings (SSSR count). The van der Waals surface area contributed by atoms with Gasteiger partial charge in [0.05, 0.1) is 4.90 Å². The van der Waals surface area contributed by atoms with Gasteiger partial charge in [0.15, 0.2) is 0 Å². The van der Waals surface area contributed by atoms with E-state index in [-0.39, 0.29) is 17.2 Å². The van der Waals surface area contributed by atoms with Crippen LogP contribution in [0.15, 0.2) is 29.2 Å². The largest absolute Gasteiger partial charge is 0.481 e. The van der Waals surface area contributed by atoms with Crippen LogP contribution in [0.25, 0.3) is 0 Å². The van der Waals surface area contributed by atoms with E-state index in [0.29, 0.717) is 25.9 Å². The van der Waals surface area contributed by atoms with E-state index in [0.717, 1.165) is 18.6 Å². The molecule has 0 radical (unpaired) electrons. The highest BCUT2D eigenvalue weighted by Gasteiger charge is 2.30. The number of benzene rings is 1. The van der Waals surface area contributed by atoms with Gasteiger partial charge in [-0.2, -0.15) is 4.31 Å². The molecule has 0 unspecified atom stereocenters. The van der Waals surface area contributed by atoms with Crippen molar-refractivity contribution in [2.45, 2.75) is 30.6 Å². The number of hydrogen-bond acceptors (Lipinski definition) is 3. The fourth-order valence-corrected chi connectivity index (χ4v) is 4.12. The van der Waals surface area contributed by atoms with E-state index in [2.05, 4.69) is 0 Å². The summed E-state index contributed by atoms with van der Waals surface area (Å²) in [5, 5.41) is 8.71. The fraction of sp³-hybridized carbons (Fsp3) is 0.500. The van der Waals surface area contributed by atoms with E-state index in [1.807, 2.05) is 0 Å². The standard InChI is InChI=1S/C14H18FNO4S/c15-12-4-6-13(7-5-12)21(19,20)16-9-1-2-11(10-16)3-8-14(17)18/h4-7,11H,1-3,8-10H2,(H,17,18)/t11-/m1/s1. The van der Waals surface area contributed by atoms with Gasteiger partial charge in [-0.3, -0.25) is 4.79 Å². The Hall–Kier alpha value is -1.47. The zero-order valence-corrected chi connectivity index (χ0v) is 12.4. The number of carbonyl (C=O) groups is 1. The van der Waals surface area contributed by atoms with Crippen molar-refractivity contribution in [1.29, 1.82) is 0 Å². The Morgan fingerprint density at radius 1 is 1.33 bits per heavy atom. The second-order valence-corrected chi connectivity index (χ2v) is 7.20. The summed E-state index contributed by atoms with van der Waals surface area (Å²) in [4.78, 5) is 10.7. The summed E-state index contributed by atoms with van der Waals surface area (Å²) in [5.74, 6) is -1.29. The molecule has 7 heteroatoms. The Morgan fingerprint density at radius 2 is 2.00 bits per heavy atom. The van der Waals surface area contributed by atoms with Crippen LogP contribution in [0, 0.1) is 11.7 Å². The van der Waals surface area contributed by atoms with E-state index in [1.165, 1.54) is 16.4 Å². The molecule has 21 heavy (non-hydrogen) atoms. The second-order valence-electron chi connectivity index (χ2n) is 5.26. The first-order valence-electron chi connectivity index (χ1n) is 6.87. The lowest BCUT2D eigenvalue weighted by Crippen LogP contribution is -2.40. The maximum absolute atomic E-state index is 12.9. The minimum atomic E-state index is -3.63. The Balaban J connectivity index is 2.09. The van der Waals surface area contributed by atoms with Crippen LogP contribution in [-0.2, 0) is 14.8 Å². The summed E-state index contributed by atoms with van der Waals surface area (Å²) in [6.07, 6.45) is 2.08. The molecule has 0 spiro atoms. The minimum Gasteiger partial charge on any atom is -0.481 e. The number of carboxylic acids is 1. The molecule has 0 aliphatic carbocycles. The van der Waals surface area contributed by atoms with Gasteiger partial charge in [0.1, 0.15) is 5.82 Å². The van der Waals surface area contributed by atoms with Crippen molar-refractivity contribution in [3.8, 4) is 0 Å². The predicted octanol–water partition coefficient (Wildman–Crippen LogP) is 2.09. The predicted molar refractivity (Wildman–Crippen MR) is 74.8 cm³/mol. The van der Waals surface area contributed by atoms with Crippen molar-refractivity contribution in [2.75, 3.05) is 13.1 Å². The smallest absolute Gasteiger partial charge is 0.303 e. The van der Waals surface area contributed by atoms with Crippen molar-refractivity contribution >= 4 is 16.0 Å². The Labute approximate surface area is 123 Å². The zero-order chi connectivity index (χ0) is 15.5. The summed E-state index contributed by atoms with van der Waals surface area (Å²) < 4.78 is 39.2. The number of halogens is 1. The summed E-state index contributed by atoms with van der Waals surface area (Å²) in [6.45, 7) is 0.746. The van der Waals surface area contributed by atoms with Crippen LogP contribution < -0.4 is 0 Å². The summed E-state index contributed by atoms with van der Waals surface area (Å²) in [7, 11) is -3.63. The summed E-state index contributed by atoms with van der Waals surface area (Å²) in [5.41, 5.74) is 0. The number of aliphatic carboxylic acids is 1. The number of hydrogen-bond donors (Lipinski definition) is 1. The van der Waals surface area contributed by atoms with Crippen LogP contribution in [0.1, 0.15) is 25.7 Å². The molecule has 0 bridgehead atoms. The molecule has 1 aliphatic rings. The average Bonchev–Trinajstić information content (AvgIpc) is 2.46. The number of piperidine rings is 1. The van der Waals surface area contributed by atoms with Gasteiger partial charge in [-0.15, -0.1) is 0 Å². The SMILES string of the molecule is O=C(O)CC[C@H]1CCCN(S(=O)(=O)c2ccc(F)cc2)C1. The Morgan fingerprint density at radius 3 is 2.62 bits per heavy atom. The van der Waals surface area contributed by atoms with Crippen LogP contribution in [0.2, 0.25) is 0 Å². The van der Waals surface area contributed by atoms with Crippen molar-refractivity contribution in [3.05, 3.63) is 30.1 Å². The number of carboxylic acid groups (broad SMARTS) is 1. The third kappa shape index (κ3) is 4.01. The lowest BCUT2D eigenvalue weighted by Gasteiger charge is -2.31. The van der Waals surface area contributed by atoms with E-state index in [9.17, 15) is 17.6 Å². The zero-order valence-electron chi connectivity index (χ0n) is 11.5. The van der Waals surface area contributed by atoms with Gasteiger partial charge < -0.3 is 5.11 Å². The van der Waals surface area contributed by atoms with Gasteiger partial charge >= 0.3 is 5.97 Å². The fourth-order valence-electron chi connectivity index (χ4n) is 2.56. The Bertz CT molecular complexity index is 600. The van der Waals surface area contributed by atoms with Crippen LogP contribution in [0.4, 0.5) is 4.39 Å². The van der Waals surface area contributed by atoms with Gasteiger partial charge in [0, 0.05) is 19.5 Å². The topological polar surface area (TPSA) is 74.7 Å². The van der Waals surface area contributed by atoms with Crippen LogP contribution >= 0.6 is 0 Å². The van der Waals surface area contributed by atoms with Crippen molar-refractivity contribution in [2.24, 2.45) is 5.92 Å². The molecular formula is C14H18FNO4S. The molecule has 1 saturated heterocycles. The highest BCUT2D eigenvalue weighted by molar-refractivity contribution is 7.89. The minimum absolute atomic E-state index is 0.0507. The molecule has 1 N–H and O–H groups in total. The number of rotatable bonds is 5. The average molecular weight is 315 g/mol. The summed E-state index contributed by atoms with van der Waals surface area (Å²) in [6, 6.07) is 4.76. The normalized spacial score (nSPS) is 20.3. The maximum atomic E-state index is 12.9. The molecule has 1 aliphatic heterocycles. The highest BCUT2D eigenvalue weighted by Crippen LogP contribution is 2.26. The first kappa shape index (κ1) is 15.9. The van der Waals surface area contributed by atoms with Crippen LogP contribution in [0.3, 0.4) is 0 Å². The molecular weight excluding hydrogens is 297 g/mol. The molecule has 1 heterocycles. The third-order valence-electron chi connectivity index (χ3n) is 3.70. The molecule has 0 saturated carbocycles. The van der Waals surface area contributed by atoms with Gasteiger partial charge in [0.2, 0.25) is 10.0 Å². The molecule has 1 fully saturated rings. The third-order valence-corrected chi connectivity index (χ3v) is 5.58. The molecule has 1 aromatic rings. The second kappa shape index (κ2) is 6.53. The van der Waals surface area contributed by atoms with Crippen molar-refractivity contribution in [3.63, 3.8) is 0 Å². The molecule has 5 nitrogen and oxygen atoms in total. The van der Waals surface area contributed by atoms with Gasteiger partial charge in [-0.05, 0) is 49.4 Å². The quantitative estimate of drug-likeness (QED) is 0.903. The van der Waals surface area contributed by atoms with Gasteiger partial charge in [-0.25, -0.2) is 12.8 Å². The van der Waals surface area contributed by atoms with Crippen molar-refractivity contribution in [1.82, 2.24) is 4.31 Å². The van der Waals surface area contributed by atoms with Crippen molar-refractivity contribution < 1.29 is 22.7 Å².